The van der Waals surface area contributed by atoms with Gasteiger partial charge in [-0.2, -0.15) is 0 Å². The average molecular weight is 896 g/mol. The lowest BCUT2D eigenvalue weighted by atomic mass is 9.67. The first kappa shape index (κ1) is 35.2. The summed E-state index contributed by atoms with van der Waals surface area (Å²) in [6.45, 7) is 0. The van der Waals surface area contributed by atoms with Crippen molar-refractivity contribution in [3.05, 3.63) is 323 Å². The Bertz CT molecular complexity index is 3970. The van der Waals surface area contributed by atoms with Crippen molar-refractivity contribution in [2.45, 2.75) is 10.8 Å². The number of benzene rings is 11. The minimum Gasteiger partial charge on any atom is -0.310 e. The third-order valence-corrected chi connectivity index (χ3v) is 15.0. The van der Waals surface area contributed by atoms with Crippen LogP contribution in [-0.4, -0.2) is 0 Å². The predicted molar refractivity (Wildman–Crippen MR) is 289 cm³/mol. The molecule has 0 saturated heterocycles. The molecule has 1 atom stereocenters. The van der Waals surface area contributed by atoms with Crippen molar-refractivity contribution in [2.75, 3.05) is 9.80 Å². The quantitative estimate of drug-likeness (QED) is 0.150. The summed E-state index contributed by atoms with van der Waals surface area (Å²) in [4.78, 5) is 4.28. The van der Waals surface area contributed by atoms with E-state index in [4.69, 9.17) is 1.37 Å². The minimum atomic E-state index is -0.881. The molecule has 3 aliphatic carbocycles. The highest BCUT2D eigenvalue weighted by atomic mass is 15.2. The monoisotopic (exact) mass is 895 g/mol. The van der Waals surface area contributed by atoms with E-state index >= 15 is 0 Å². The van der Waals surface area contributed by atoms with Gasteiger partial charge in [-0.25, -0.2) is 0 Å². The SMILES string of the molecule is [2H]c1c([2H])c([2H])c(N(c2ccc3c(c2)C2(c4ccccc4-c4ccc(N(c5ccccc5)c5ccccc5)cc42)c2ccccc2-3)c2cccc3c2C(c2ccccc2)(c2ccccc2)c2ccccc2-3)c([2H])c1[2H]. The van der Waals surface area contributed by atoms with Crippen molar-refractivity contribution in [2.24, 2.45) is 0 Å². The van der Waals surface area contributed by atoms with Crippen molar-refractivity contribution in [3.63, 3.8) is 0 Å². The molecule has 1 spiro atoms. The predicted octanol–water partition coefficient (Wildman–Crippen LogP) is 17.3. The molecule has 0 fully saturated rings. The van der Waals surface area contributed by atoms with Gasteiger partial charge in [-0.1, -0.05) is 212 Å². The normalized spacial score (nSPS) is 16.0. The van der Waals surface area contributed by atoms with Crippen molar-refractivity contribution in [1.29, 1.82) is 0 Å². The highest BCUT2D eigenvalue weighted by Gasteiger charge is 2.53. The Morgan fingerprint density at radius 2 is 0.671 bits per heavy atom. The lowest BCUT2D eigenvalue weighted by Gasteiger charge is -2.38. The van der Waals surface area contributed by atoms with Crippen LogP contribution in [0.4, 0.5) is 34.1 Å². The number of hydrogen-bond donors (Lipinski definition) is 0. The van der Waals surface area contributed by atoms with Crippen LogP contribution < -0.4 is 9.80 Å². The van der Waals surface area contributed by atoms with E-state index in [1.807, 2.05) is 35.2 Å². The van der Waals surface area contributed by atoms with E-state index in [2.05, 4.69) is 223 Å². The zero-order valence-electron chi connectivity index (χ0n) is 43.1. The summed E-state index contributed by atoms with van der Waals surface area (Å²) in [5, 5.41) is 0. The Morgan fingerprint density at radius 3 is 1.19 bits per heavy atom. The molecule has 0 saturated carbocycles. The Hall–Kier alpha value is -8.98. The Labute approximate surface area is 416 Å². The van der Waals surface area contributed by atoms with E-state index in [-0.39, 0.29) is 17.8 Å². The molecule has 0 aliphatic heterocycles. The molecule has 0 heterocycles. The first-order valence-corrected chi connectivity index (χ1v) is 23.9. The van der Waals surface area contributed by atoms with Gasteiger partial charge < -0.3 is 9.80 Å². The standard InChI is InChI=1S/C68H46N2/c1-6-23-47(24-7-1)67(48-25-8-2-9-26-48)60-37-19-18-35-56(60)59-36-22-40-65(66(59)67)70(51-31-14-5-15-32-51)53-42-44-58-55-34-17-21-39-62(55)68(64(58)46-53)61-38-20-16-33-54(61)57-43-41-52(45-63(57)68)69(49-27-10-3-11-28-49)50-29-12-4-13-30-50/h1-46H/i5D,14D,15D,31D,32D. The van der Waals surface area contributed by atoms with E-state index in [1.54, 1.807) is 0 Å². The summed E-state index contributed by atoms with van der Waals surface area (Å²) in [6.07, 6.45) is 0. The van der Waals surface area contributed by atoms with E-state index in [0.29, 0.717) is 11.4 Å². The minimum absolute atomic E-state index is 0.0702. The van der Waals surface area contributed by atoms with Gasteiger partial charge >= 0.3 is 0 Å². The average Bonchev–Trinajstić information content (AvgIpc) is 4.28. The second-order valence-corrected chi connectivity index (χ2v) is 18.3. The molecule has 14 rings (SSSR count). The molecule has 11 aromatic carbocycles. The largest absolute Gasteiger partial charge is 0.310 e. The molecule has 0 bridgehead atoms. The number of anilines is 6. The molecular formula is C68H46N2. The van der Waals surface area contributed by atoms with Gasteiger partial charge in [0.15, 0.2) is 0 Å². The molecule has 328 valence electrons. The number of hydrogen-bond acceptors (Lipinski definition) is 2. The highest BCUT2D eigenvalue weighted by molar-refractivity contribution is 5.99. The van der Waals surface area contributed by atoms with Crippen LogP contribution in [0.1, 0.15) is 51.4 Å². The van der Waals surface area contributed by atoms with Gasteiger partial charge in [0.1, 0.15) is 0 Å². The van der Waals surface area contributed by atoms with Gasteiger partial charge in [-0.3, -0.25) is 0 Å². The van der Waals surface area contributed by atoms with Crippen LogP contribution in [0.5, 0.6) is 0 Å². The van der Waals surface area contributed by atoms with Gasteiger partial charge in [0, 0.05) is 34.0 Å². The van der Waals surface area contributed by atoms with Crippen LogP contribution in [0.2, 0.25) is 0 Å². The van der Waals surface area contributed by atoms with Crippen molar-refractivity contribution < 1.29 is 6.85 Å². The first-order chi connectivity index (χ1) is 36.8. The molecule has 0 amide bonds. The number of para-hydroxylation sites is 3. The zero-order chi connectivity index (χ0) is 50.6. The maximum atomic E-state index is 9.82. The van der Waals surface area contributed by atoms with E-state index in [1.165, 1.54) is 0 Å². The zero-order valence-corrected chi connectivity index (χ0v) is 38.1. The summed E-state index contributed by atoms with van der Waals surface area (Å²) in [6, 6.07) is 86.0. The molecule has 0 aromatic heterocycles. The Morgan fingerprint density at radius 1 is 0.271 bits per heavy atom. The summed E-state index contributed by atoms with van der Waals surface area (Å²) in [5.41, 5.74) is 18.0. The fourth-order valence-electron chi connectivity index (χ4n) is 12.4. The molecule has 3 aliphatic rings. The fourth-order valence-corrected chi connectivity index (χ4v) is 12.4. The third-order valence-electron chi connectivity index (χ3n) is 15.0. The summed E-state index contributed by atoms with van der Waals surface area (Å²) >= 11 is 0. The van der Waals surface area contributed by atoms with E-state index < -0.39 is 29.0 Å². The van der Waals surface area contributed by atoms with E-state index in [0.717, 1.165) is 95.0 Å². The van der Waals surface area contributed by atoms with E-state index in [9.17, 15) is 5.48 Å². The van der Waals surface area contributed by atoms with Crippen LogP contribution in [-0.2, 0) is 10.8 Å². The van der Waals surface area contributed by atoms with Gasteiger partial charge in [0.25, 0.3) is 0 Å². The summed E-state index contributed by atoms with van der Waals surface area (Å²) < 4.78 is 46.9. The van der Waals surface area contributed by atoms with Crippen LogP contribution in [0.15, 0.2) is 279 Å². The molecule has 0 radical (unpaired) electrons. The number of rotatable bonds is 8. The van der Waals surface area contributed by atoms with Crippen LogP contribution in [0.3, 0.4) is 0 Å². The van der Waals surface area contributed by atoms with Gasteiger partial charge in [0.05, 0.1) is 23.4 Å². The molecule has 70 heavy (non-hydrogen) atoms. The maximum Gasteiger partial charge on any atom is 0.0734 e. The lowest BCUT2D eigenvalue weighted by molar-refractivity contribution is 0.767. The van der Waals surface area contributed by atoms with Crippen LogP contribution in [0, 0.1) is 0 Å². The number of fused-ring (bicyclic) bond motifs is 13. The summed E-state index contributed by atoms with van der Waals surface area (Å²) in [7, 11) is 0. The maximum absolute atomic E-state index is 9.82. The molecule has 2 nitrogen and oxygen atoms in total. The van der Waals surface area contributed by atoms with Gasteiger partial charge in [-0.05, 0) is 139 Å². The molecular weight excluding hydrogens is 845 g/mol. The number of nitrogens with zero attached hydrogens (tertiary/aromatic N) is 2. The lowest BCUT2D eigenvalue weighted by Crippen LogP contribution is -2.30. The van der Waals surface area contributed by atoms with Crippen molar-refractivity contribution in [1.82, 2.24) is 0 Å². The fraction of sp³-hybridized carbons (Fsp3) is 0.0294. The first-order valence-electron chi connectivity index (χ1n) is 26.4. The van der Waals surface area contributed by atoms with Crippen molar-refractivity contribution in [3.8, 4) is 33.4 Å². The molecule has 0 N–H and O–H groups in total. The summed E-state index contributed by atoms with van der Waals surface area (Å²) in [5.74, 6) is 0. The van der Waals surface area contributed by atoms with Crippen LogP contribution in [0.25, 0.3) is 33.4 Å². The topological polar surface area (TPSA) is 6.48 Å². The smallest absolute Gasteiger partial charge is 0.0734 e. The van der Waals surface area contributed by atoms with Gasteiger partial charge in [0.2, 0.25) is 0 Å². The van der Waals surface area contributed by atoms with Gasteiger partial charge in [-0.15, -0.1) is 0 Å². The highest BCUT2D eigenvalue weighted by Crippen LogP contribution is 2.65. The van der Waals surface area contributed by atoms with Crippen molar-refractivity contribution >= 4 is 34.1 Å². The second-order valence-electron chi connectivity index (χ2n) is 18.3. The molecule has 11 aromatic rings. The Balaban J connectivity index is 1.09. The van der Waals surface area contributed by atoms with Crippen LogP contribution >= 0.6 is 0 Å². The molecule has 1 unspecified atom stereocenters. The second kappa shape index (κ2) is 15.8. The third kappa shape index (κ3) is 5.62. The Kier molecular flexibility index (Phi) is 7.95. The molecule has 2 heteroatoms.